The van der Waals surface area contributed by atoms with Gasteiger partial charge in [0.25, 0.3) is 11.6 Å². The first-order valence-electron chi connectivity index (χ1n) is 9.87. The molecule has 4 rings (SSSR count). The van der Waals surface area contributed by atoms with Gasteiger partial charge in [0.05, 0.1) is 11.0 Å². The molecule has 7 nitrogen and oxygen atoms in total. The highest BCUT2D eigenvalue weighted by Gasteiger charge is 2.35. The molecule has 0 spiro atoms. The normalized spacial score (nSPS) is 15.6. The van der Waals surface area contributed by atoms with Crippen molar-refractivity contribution in [2.75, 3.05) is 11.9 Å². The molecule has 156 valence electrons. The van der Waals surface area contributed by atoms with Gasteiger partial charge < -0.3 is 10.2 Å². The van der Waals surface area contributed by atoms with Gasteiger partial charge in [0.15, 0.2) is 0 Å². The van der Waals surface area contributed by atoms with Crippen LogP contribution in [-0.4, -0.2) is 28.2 Å². The van der Waals surface area contributed by atoms with Crippen molar-refractivity contribution in [3.8, 4) is 0 Å². The first-order valence-corrected chi connectivity index (χ1v) is 9.87. The summed E-state index contributed by atoms with van der Waals surface area (Å²) in [5.41, 5.74) is 3.65. The van der Waals surface area contributed by atoms with E-state index in [2.05, 4.69) is 5.32 Å². The first-order chi connectivity index (χ1) is 14.9. The number of hydrogen-bond donors (Lipinski definition) is 1. The molecule has 0 unspecified atom stereocenters. The summed E-state index contributed by atoms with van der Waals surface area (Å²) in [6.45, 7) is 3.33. The maximum Gasteiger partial charge on any atom is 0.273 e. The van der Waals surface area contributed by atoms with Gasteiger partial charge in [-0.2, -0.15) is 0 Å². The van der Waals surface area contributed by atoms with E-state index in [-0.39, 0.29) is 29.3 Å². The number of nitro groups is 1. The zero-order chi connectivity index (χ0) is 22.1. The molecule has 1 atom stereocenters. The van der Waals surface area contributed by atoms with Crippen molar-refractivity contribution >= 4 is 23.2 Å². The Kier molecular flexibility index (Phi) is 5.25. The van der Waals surface area contributed by atoms with Gasteiger partial charge in [-0.15, -0.1) is 0 Å². The van der Waals surface area contributed by atoms with Crippen LogP contribution < -0.4 is 5.32 Å². The van der Waals surface area contributed by atoms with Gasteiger partial charge in [-0.3, -0.25) is 19.7 Å². The summed E-state index contributed by atoms with van der Waals surface area (Å²) in [5.74, 6) is -0.750. The molecule has 31 heavy (non-hydrogen) atoms. The lowest BCUT2D eigenvalue weighted by molar-refractivity contribution is -0.385. The molecule has 0 fully saturated rings. The quantitative estimate of drug-likeness (QED) is 0.507. The number of rotatable bonds is 3. The van der Waals surface area contributed by atoms with E-state index >= 15 is 0 Å². The molecule has 0 saturated heterocycles. The highest BCUT2D eigenvalue weighted by molar-refractivity contribution is 6.02. The minimum Gasteiger partial charge on any atom is -0.324 e. The molecule has 0 aliphatic carbocycles. The number of nitro benzene ring substituents is 1. The number of benzene rings is 3. The average molecular weight is 415 g/mol. The fourth-order valence-corrected chi connectivity index (χ4v) is 4.02. The molecule has 0 radical (unpaired) electrons. The van der Waals surface area contributed by atoms with Crippen LogP contribution in [0, 0.1) is 24.0 Å². The third kappa shape index (κ3) is 3.77. The Labute approximate surface area is 179 Å². The summed E-state index contributed by atoms with van der Waals surface area (Å²) in [4.78, 5) is 38.8. The number of carbonyl (C=O) groups is 2. The van der Waals surface area contributed by atoms with Gasteiger partial charge in [0, 0.05) is 28.4 Å². The Morgan fingerprint density at radius 3 is 2.52 bits per heavy atom. The van der Waals surface area contributed by atoms with Crippen LogP contribution in [0.15, 0.2) is 66.7 Å². The summed E-state index contributed by atoms with van der Waals surface area (Å²) in [7, 11) is 0. The number of aryl methyl sites for hydroxylation is 1. The van der Waals surface area contributed by atoms with E-state index in [0.29, 0.717) is 5.69 Å². The van der Waals surface area contributed by atoms with Crippen molar-refractivity contribution in [1.82, 2.24) is 4.90 Å². The van der Waals surface area contributed by atoms with Crippen LogP contribution in [0.3, 0.4) is 0 Å². The number of fused-ring (bicyclic) bond motifs is 1. The molecule has 7 heteroatoms. The SMILES string of the molecule is Cc1ccc2c(c1)[C@@H](c1ccccc1)N(C(=O)c1cccc([N+](=O)[O-])c1C)CC(=O)N2. The lowest BCUT2D eigenvalue weighted by atomic mass is 9.93. The second-order valence-corrected chi connectivity index (χ2v) is 7.59. The predicted octanol–water partition coefficient (Wildman–Crippen LogP) is 4.40. The minimum atomic E-state index is -0.527. The zero-order valence-corrected chi connectivity index (χ0v) is 17.2. The van der Waals surface area contributed by atoms with Crippen LogP contribution in [0.2, 0.25) is 0 Å². The Bertz CT molecular complexity index is 1190. The lowest BCUT2D eigenvalue weighted by Gasteiger charge is -2.31. The van der Waals surface area contributed by atoms with Crippen molar-refractivity contribution in [2.45, 2.75) is 19.9 Å². The Morgan fingerprint density at radius 1 is 1.06 bits per heavy atom. The molecule has 0 saturated carbocycles. The van der Waals surface area contributed by atoms with Crippen LogP contribution in [0.1, 0.15) is 38.7 Å². The van der Waals surface area contributed by atoms with Crippen LogP contribution in [0.5, 0.6) is 0 Å². The third-order valence-corrected chi connectivity index (χ3v) is 5.51. The third-order valence-electron chi connectivity index (χ3n) is 5.51. The fraction of sp³-hybridized carbons (Fsp3) is 0.167. The van der Waals surface area contributed by atoms with Crippen molar-refractivity contribution in [3.05, 3.63) is 105 Å². The lowest BCUT2D eigenvalue weighted by Crippen LogP contribution is -2.39. The van der Waals surface area contributed by atoms with E-state index in [1.807, 2.05) is 55.5 Å². The maximum absolute atomic E-state index is 13.7. The molecule has 0 aromatic heterocycles. The topological polar surface area (TPSA) is 92.6 Å². The van der Waals surface area contributed by atoms with E-state index < -0.39 is 16.9 Å². The molecule has 0 bridgehead atoms. The second-order valence-electron chi connectivity index (χ2n) is 7.59. The molecule has 1 heterocycles. The van der Waals surface area contributed by atoms with Crippen LogP contribution in [-0.2, 0) is 4.79 Å². The van der Waals surface area contributed by atoms with E-state index in [0.717, 1.165) is 16.7 Å². The molecule has 3 aromatic rings. The molecule has 2 amide bonds. The zero-order valence-electron chi connectivity index (χ0n) is 17.2. The van der Waals surface area contributed by atoms with Crippen LogP contribution in [0.25, 0.3) is 0 Å². The van der Waals surface area contributed by atoms with Gasteiger partial charge in [0.2, 0.25) is 5.91 Å². The van der Waals surface area contributed by atoms with Crippen molar-refractivity contribution in [2.24, 2.45) is 0 Å². The summed E-state index contributed by atoms with van der Waals surface area (Å²) in [6, 6.07) is 19.1. The number of nitrogens with one attached hydrogen (secondary N) is 1. The summed E-state index contributed by atoms with van der Waals surface area (Å²) in [5, 5.41) is 14.3. The van der Waals surface area contributed by atoms with Gasteiger partial charge >= 0.3 is 0 Å². The minimum absolute atomic E-state index is 0.127. The predicted molar refractivity (Wildman–Crippen MR) is 117 cm³/mol. The number of amides is 2. The maximum atomic E-state index is 13.7. The number of anilines is 1. The van der Waals surface area contributed by atoms with E-state index in [1.54, 1.807) is 13.0 Å². The summed E-state index contributed by atoms with van der Waals surface area (Å²) < 4.78 is 0. The van der Waals surface area contributed by atoms with Gasteiger partial charge in [0.1, 0.15) is 6.54 Å². The van der Waals surface area contributed by atoms with E-state index in [1.165, 1.54) is 17.0 Å². The Balaban J connectivity index is 1.91. The molecule has 1 N–H and O–H groups in total. The summed E-state index contributed by atoms with van der Waals surface area (Å²) in [6.07, 6.45) is 0. The number of nitrogens with zero attached hydrogens (tertiary/aromatic N) is 2. The van der Waals surface area contributed by atoms with Crippen molar-refractivity contribution < 1.29 is 14.5 Å². The molecular formula is C24H21N3O4. The second kappa shape index (κ2) is 8.02. The standard InChI is InChI=1S/C24H21N3O4/c1-15-11-12-20-19(13-15)23(17-7-4-3-5-8-17)26(14-22(28)25-20)24(29)18-9-6-10-21(16(18)2)27(30)31/h3-13,23H,14H2,1-2H3,(H,25,28)/t23-/m1/s1. The van der Waals surface area contributed by atoms with Crippen molar-refractivity contribution in [3.63, 3.8) is 0 Å². The smallest absolute Gasteiger partial charge is 0.273 e. The van der Waals surface area contributed by atoms with Gasteiger partial charge in [-0.25, -0.2) is 0 Å². The molecule has 1 aliphatic heterocycles. The van der Waals surface area contributed by atoms with Crippen LogP contribution in [0.4, 0.5) is 11.4 Å². The Morgan fingerprint density at radius 2 is 1.81 bits per heavy atom. The van der Waals surface area contributed by atoms with Gasteiger partial charge in [-0.05, 0) is 31.5 Å². The van der Waals surface area contributed by atoms with E-state index in [9.17, 15) is 19.7 Å². The summed E-state index contributed by atoms with van der Waals surface area (Å²) >= 11 is 0. The number of carbonyl (C=O) groups excluding carboxylic acids is 2. The first kappa shape index (κ1) is 20.3. The largest absolute Gasteiger partial charge is 0.324 e. The highest BCUT2D eigenvalue weighted by Crippen LogP contribution is 2.37. The van der Waals surface area contributed by atoms with Crippen LogP contribution >= 0.6 is 0 Å². The number of hydrogen-bond acceptors (Lipinski definition) is 4. The monoisotopic (exact) mass is 415 g/mol. The highest BCUT2D eigenvalue weighted by atomic mass is 16.6. The van der Waals surface area contributed by atoms with Gasteiger partial charge in [-0.1, -0.05) is 54.1 Å². The Hall–Kier alpha value is -4.00. The molecule has 1 aliphatic rings. The fourth-order valence-electron chi connectivity index (χ4n) is 4.02. The van der Waals surface area contributed by atoms with E-state index in [4.69, 9.17) is 0 Å². The average Bonchev–Trinajstić information content (AvgIpc) is 2.89. The van der Waals surface area contributed by atoms with Crippen molar-refractivity contribution in [1.29, 1.82) is 0 Å². The molecule has 3 aromatic carbocycles. The molecular weight excluding hydrogens is 394 g/mol.